The Balaban J connectivity index is 2.04. The molecule has 0 spiro atoms. The van der Waals surface area contributed by atoms with Crippen molar-refractivity contribution in [2.45, 2.75) is 31.3 Å². The van der Waals surface area contributed by atoms with Crippen molar-refractivity contribution in [2.75, 3.05) is 12.9 Å². The number of hydrogen-bond acceptors (Lipinski definition) is 6. The number of thiophene rings is 1. The van der Waals surface area contributed by atoms with Crippen LogP contribution in [0.15, 0.2) is 28.2 Å². The minimum atomic E-state index is -0.127. The highest BCUT2D eigenvalue weighted by Crippen LogP contribution is 2.37. The summed E-state index contributed by atoms with van der Waals surface area (Å²) in [7, 11) is 1.56. The fourth-order valence-electron chi connectivity index (χ4n) is 3.62. The van der Waals surface area contributed by atoms with Crippen LogP contribution in [0, 0.1) is 17.2 Å². The third-order valence-electron chi connectivity index (χ3n) is 4.95. The van der Waals surface area contributed by atoms with E-state index in [0.717, 1.165) is 29.7 Å². The van der Waals surface area contributed by atoms with E-state index in [2.05, 4.69) is 13.0 Å². The average Bonchev–Trinajstić information content (AvgIpc) is 3.03. The lowest BCUT2D eigenvalue weighted by Crippen LogP contribution is -2.23. The van der Waals surface area contributed by atoms with E-state index in [1.807, 2.05) is 0 Å². The van der Waals surface area contributed by atoms with Crippen LogP contribution in [0.4, 0.5) is 0 Å². The molecule has 5 nitrogen and oxygen atoms in total. The number of nitriles is 1. The monoisotopic (exact) mass is 431 g/mol. The molecule has 28 heavy (non-hydrogen) atoms. The number of hydrogen-bond donors (Lipinski definition) is 0. The van der Waals surface area contributed by atoms with Gasteiger partial charge in [-0.25, -0.2) is 4.98 Å². The Bertz CT molecular complexity index is 1160. The quantitative estimate of drug-likeness (QED) is 0.436. The van der Waals surface area contributed by atoms with Gasteiger partial charge in [-0.05, 0) is 48.9 Å². The molecule has 1 aliphatic rings. The van der Waals surface area contributed by atoms with Crippen molar-refractivity contribution < 1.29 is 4.74 Å². The normalized spacial score (nSPS) is 16.0. The van der Waals surface area contributed by atoms with Gasteiger partial charge in [0.25, 0.3) is 5.56 Å². The molecule has 1 aliphatic carbocycles. The first-order valence-electron chi connectivity index (χ1n) is 8.94. The fourth-order valence-corrected chi connectivity index (χ4v) is 5.87. The number of rotatable bonds is 4. The smallest absolute Gasteiger partial charge is 0.267 e. The summed E-state index contributed by atoms with van der Waals surface area (Å²) in [6, 6.07) is 7.26. The van der Waals surface area contributed by atoms with Gasteiger partial charge in [0.2, 0.25) is 0 Å². The van der Waals surface area contributed by atoms with Gasteiger partial charge in [0, 0.05) is 9.90 Å². The van der Waals surface area contributed by atoms with Crippen molar-refractivity contribution in [3.05, 3.63) is 44.0 Å². The molecule has 0 radical (unpaired) electrons. The van der Waals surface area contributed by atoms with Crippen molar-refractivity contribution in [3.63, 3.8) is 0 Å². The highest BCUT2D eigenvalue weighted by molar-refractivity contribution is 7.99. The summed E-state index contributed by atoms with van der Waals surface area (Å²) in [5.74, 6) is 1.34. The van der Waals surface area contributed by atoms with Gasteiger partial charge in [-0.3, -0.25) is 9.36 Å². The molecule has 1 aromatic carbocycles. The molecule has 0 bridgehead atoms. The molecule has 0 N–H and O–H groups in total. The van der Waals surface area contributed by atoms with Crippen molar-refractivity contribution in [1.29, 1.82) is 5.26 Å². The number of aromatic nitrogens is 2. The van der Waals surface area contributed by atoms with Gasteiger partial charge in [-0.2, -0.15) is 5.26 Å². The third kappa shape index (κ3) is 3.30. The standard InChI is InChI=1S/C20H18ClN3O2S2/c1-11-3-5-13-16(9-11)28-18-17(13)19(25)24(20(23-18)27-8-7-22)14-10-12(21)4-6-15(14)26-2/h4,6,10-11H,3,5,8-9H2,1-2H3. The Morgan fingerprint density at radius 2 is 2.32 bits per heavy atom. The van der Waals surface area contributed by atoms with E-state index in [-0.39, 0.29) is 11.3 Å². The van der Waals surface area contributed by atoms with Crippen LogP contribution in [0.25, 0.3) is 15.9 Å². The predicted octanol–water partition coefficient (Wildman–Crippen LogP) is 4.85. The zero-order chi connectivity index (χ0) is 19.8. The molecule has 1 atom stereocenters. The van der Waals surface area contributed by atoms with E-state index >= 15 is 0 Å². The zero-order valence-electron chi connectivity index (χ0n) is 15.5. The topological polar surface area (TPSA) is 67.9 Å². The van der Waals surface area contributed by atoms with Gasteiger partial charge in [-0.15, -0.1) is 11.3 Å². The van der Waals surface area contributed by atoms with Gasteiger partial charge >= 0.3 is 0 Å². The molecule has 0 saturated carbocycles. The largest absolute Gasteiger partial charge is 0.495 e. The van der Waals surface area contributed by atoms with Crippen LogP contribution in [0.2, 0.25) is 5.02 Å². The Morgan fingerprint density at radius 1 is 1.50 bits per heavy atom. The number of nitrogens with zero attached hydrogens (tertiary/aromatic N) is 3. The number of methoxy groups -OCH3 is 1. The number of thioether (sulfide) groups is 1. The van der Waals surface area contributed by atoms with Crippen molar-refractivity contribution in [2.24, 2.45) is 5.92 Å². The molecule has 8 heteroatoms. The second kappa shape index (κ2) is 7.78. The van der Waals surface area contributed by atoms with Crippen molar-refractivity contribution in [3.8, 4) is 17.5 Å². The van der Waals surface area contributed by atoms with Gasteiger partial charge < -0.3 is 4.74 Å². The number of halogens is 1. The maximum absolute atomic E-state index is 13.6. The predicted molar refractivity (Wildman–Crippen MR) is 114 cm³/mol. The second-order valence-electron chi connectivity index (χ2n) is 6.83. The van der Waals surface area contributed by atoms with Crippen LogP contribution >= 0.6 is 34.7 Å². The van der Waals surface area contributed by atoms with Gasteiger partial charge in [0.15, 0.2) is 5.16 Å². The molecule has 4 rings (SSSR count). The molecule has 0 saturated heterocycles. The molecule has 2 aromatic heterocycles. The molecule has 3 aromatic rings. The van der Waals surface area contributed by atoms with Gasteiger partial charge in [-0.1, -0.05) is 30.3 Å². The maximum atomic E-state index is 13.6. The molecular formula is C20H18ClN3O2S2. The zero-order valence-corrected chi connectivity index (χ0v) is 17.9. The summed E-state index contributed by atoms with van der Waals surface area (Å²) in [5.41, 5.74) is 1.54. The van der Waals surface area contributed by atoms with Crippen LogP contribution in [0.5, 0.6) is 5.75 Å². The van der Waals surface area contributed by atoms with E-state index in [4.69, 9.17) is 26.6 Å². The number of ether oxygens (including phenoxy) is 1. The summed E-state index contributed by atoms with van der Waals surface area (Å²) in [5, 5.41) is 10.7. The molecule has 1 unspecified atom stereocenters. The van der Waals surface area contributed by atoms with Crippen LogP contribution in [-0.4, -0.2) is 22.4 Å². The van der Waals surface area contributed by atoms with Crippen molar-refractivity contribution >= 4 is 44.9 Å². The number of fused-ring (bicyclic) bond motifs is 3. The molecule has 2 heterocycles. The summed E-state index contributed by atoms with van der Waals surface area (Å²) >= 11 is 9.06. The molecule has 0 amide bonds. The Labute approximate surface area is 175 Å². The Kier molecular flexibility index (Phi) is 5.37. The van der Waals surface area contributed by atoms with Crippen LogP contribution in [-0.2, 0) is 12.8 Å². The lowest BCUT2D eigenvalue weighted by Gasteiger charge is -2.18. The molecule has 0 aliphatic heterocycles. The third-order valence-corrected chi connectivity index (χ3v) is 7.13. The average molecular weight is 432 g/mol. The number of benzene rings is 1. The molecular weight excluding hydrogens is 414 g/mol. The second-order valence-corrected chi connectivity index (χ2v) is 9.29. The summed E-state index contributed by atoms with van der Waals surface area (Å²) < 4.78 is 7.01. The lowest BCUT2D eigenvalue weighted by atomic mass is 9.89. The first-order valence-corrected chi connectivity index (χ1v) is 11.1. The van der Waals surface area contributed by atoms with E-state index in [1.165, 1.54) is 16.6 Å². The van der Waals surface area contributed by atoms with Crippen LogP contribution < -0.4 is 10.3 Å². The molecule has 0 fully saturated rings. The summed E-state index contributed by atoms with van der Waals surface area (Å²) in [4.78, 5) is 20.4. The minimum Gasteiger partial charge on any atom is -0.495 e. The lowest BCUT2D eigenvalue weighted by molar-refractivity contribution is 0.411. The first kappa shape index (κ1) is 19.3. The van der Waals surface area contributed by atoms with E-state index in [9.17, 15) is 4.79 Å². The maximum Gasteiger partial charge on any atom is 0.267 e. The van der Waals surface area contributed by atoms with E-state index in [0.29, 0.717) is 32.9 Å². The van der Waals surface area contributed by atoms with Crippen LogP contribution in [0.3, 0.4) is 0 Å². The fraction of sp³-hybridized carbons (Fsp3) is 0.350. The Morgan fingerprint density at radius 3 is 3.07 bits per heavy atom. The van der Waals surface area contributed by atoms with Gasteiger partial charge in [0.05, 0.1) is 30.0 Å². The SMILES string of the molecule is COc1ccc(Cl)cc1-n1c(SCC#N)nc2sc3c(c2c1=O)CCC(C)C3. The summed E-state index contributed by atoms with van der Waals surface area (Å²) in [6.07, 6.45) is 2.95. The molecule has 144 valence electrons. The van der Waals surface area contributed by atoms with E-state index < -0.39 is 0 Å². The van der Waals surface area contributed by atoms with Gasteiger partial charge in [0.1, 0.15) is 10.6 Å². The minimum absolute atomic E-state index is 0.127. The first-order chi connectivity index (χ1) is 13.5. The summed E-state index contributed by atoms with van der Waals surface area (Å²) in [6.45, 7) is 2.24. The van der Waals surface area contributed by atoms with Crippen molar-refractivity contribution in [1.82, 2.24) is 9.55 Å². The van der Waals surface area contributed by atoms with Crippen LogP contribution in [0.1, 0.15) is 23.8 Å². The highest BCUT2D eigenvalue weighted by Gasteiger charge is 2.26. The Hall–Kier alpha value is -2.01. The highest BCUT2D eigenvalue weighted by atomic mass is 35.5. The number of aryl methyl sites for hydroxylation is 1. The van der Waals surface area contributed by atoms with E-state index in [1.54, 1.807) is 41.2 Å².